The molecule has 0 radical (unpaired) electrons. The topological polar surface area (TPSA) is 50.8 Å². The van der Waals surface area contributed by atoms with Crippen LogP contribution in [0.5, 0.6) is 0 Å². The number of allylic oxidation sites excluding steroid dienone is 1. The minimum atomic E-state index is 0.0920. The lowest BCUT2D eigenvalue weighted by Crippen LogP contribution is -2.27. The molecule has 0 spiro atoms. The SMILES string of the molecule is C=CC1=NC2CC(=C)/N=C(/CC)c3c(ccc4c3oc3nc(-c5ccccc5)ccc34)CCC2c2ccccc21. The van der Waals surface area contributed by atoms with Crippen LogP contribution in [0, 0.1) is 0 Å². The Hall–Kier alpha value is -4.57. The number of fused-ring (bicyclic) bond motifs is 8. The van der Waals surface area contributed by atoms with Crippen LogP contribution in [0.4, 0.5) is 0 Å². The Morgan fingerprint density at radius 3 is 2.58 bits per heavy atom. The molecular formula is C36H31N3O. The molecule has 2 aliphatic rings. The van der Waals surface area contributed by atoms with E-state index in [1.807, 2.05) is 24.3 Å². The van der Waals surface area contributed by atoms with E-state index in [4.69, 9.17) is 19.4 Å². The summed E-state index contributed by atoms with van der Waals surface area (Å²) in [6.07, 6.45) is 5.26. The summed E-state index contributed by atoms with van der Waals surface area (Å²) in [6.45, 7) is 10.6. The fourth-order valence-corrected chi connectivity index (χ4v) is 6.45. The Morgan fingerprint density at radius 2 is 1.75 bits per heavy atom. The van der Waals surface area contributed by atoms with Gasteiger partial charge in [0, 0.05) is 45.5 Å². The number of hydrogen-bond acceptors (Lipinski definition) is 4. The lowest BCUT2D eigenvalue weighted by molar-refractivity contribution is 0.489. The van der Waals surface area contributed by atoms with Gasteiger partial charge in [-0.25, -0.2) is 4.98 Å². The van der Waals surface area contributed by atoms with Crippen LogP contribution in [0.1, 0.15) is 54.4 Å². The Morgan fingerprint density at radius 1 is 0.950 bits per heavy atom. The Kier molecular flexibility index (Phi) is 6.04. The van der Waals surface area contributed by atoms with E-state index in [0.29, 0.717) is 12.1 Å². The number of hydrogen-bond donors (Lipinski definition) is 0. The average molecular weight is 522 g/mol. The molecule has 40 heavy (non-hydrogen) atoms. The van der Waals surface area contributed by atoms with Gasteiger partial charge in [-0.3, -0.25) is 9.98 Å². The molecular weight excluding hydrogens is 490 g/mol. The lowest BCUT2D eigenvalue weighted by atomic mass is 9.78. The number of nitrogens with zero attached hydrogens (tertiary/aromatic N) is 3. The van der Waals surface area contributed by atoms with Crippen LogP contribution < -0.4 is 0 Å². The van der Waals surface area contributed by atoms with Crippen LogP contribution in [0.3, 0.4) is 0 Å². The number of pyridine rings is 1. The van der Waals surface area contributed by atoms with E-state index in [2.05, 4.69) is 80.7 Å². The Bertz CT molecular complexity index is 1860. The third kappa shape index (κ3) is 4.03. The molecule has 2 aliphatic heterocycles. The maximum atomic E-state index is 6.59. The summed E-state index contributed by atoms with van der Waals surface area (Å²) in [5, 5.41) is 2.10. The van der Waals surface area contributed by atoms with Crippen molar-refractivity contribution in [2.24, 2.45) is 9.98 Å². The van der Waals surface area contributed by atoms with Gasteiger partial charge in [-0.05, 0) is 48.6 Å². The quantitative estimate of drug-likeness (QED) is 0.238. The van der Waals surface area contributed by atoms with Crippen molar-refractivity contribution in [2.45, 2.75) is 44.6 Å². The summed E-state index contributed by atoms with van der Waals surface area (Å²) in [5.41, 5.74) is 11.2. The first-order chi connectivity index (χ1) is 19.6. The summed E-state index contributed by atoms with van der Waals surface area (Å²) >= 11 is 0. The highest BCUT2D eigenvalue weighted by molar-refractivity contribution is 6.16. The number of aryl methyl sites for hydroxylation is 1. The molecule has 4 heteroatoms. The van der Waals surface area contributed by atoms with E-state index >= 15 is 0 Å². The third-order valence-electron chi connectivity index (χ3n) is 8.35. The minimum Gasteiger partial charge on any atom is -0.437 e. The second-order valence-corrected chi connectivity index (χ2v) is 10.7. The highest BCUT2D eigenvalue weighted by Gasteiger charge is 2.32. The molecule has 0 aliphatic carbocycles. The Balaban J connectivity index is 1.38. The predicted octanol–water partition coefficient (Wildman–Crippen LogP) is 8.84. The van der Waals surface area contributed by atoms with E-state index in [-0.39, 0.29) is 12.0 Å². The van der Waals surface area contributed by atoms with Crippen molar-refractivity contribution < 1.29 is 4.42 Å². The summed E-state index contributed by atoms with van der Waals surface area (Å²) in [4.78, 5) is 15.2. The molecule has 0 N–H and O–H groups in total. The van der Waals surface area contributed by atoms with Crippen LogP contribution in [0.15, 0.2) is 118 Å². The van der Waals surface area contributed by atoms with Gasteiger partial charge in [-0.15, -0.1) is 0 Å². The molecule has 2 atom stereocenters. The molecule has 0 fully saturated rings. The second kappa shape index (κ2) is 9.87. The first-order valence-electron chi connectivity index (χ1n) is 14.1. The second-order valence-electron chi connectivity index (χ2n) is 10.7. The average Bonchev–Trinajstić information content (AvgIpc) is 3.37. The van der Waals surface area contributed by atoms with Crippen molar-refractivity contribution in [3.63, 3.8) is 0 Å². The summed E-state index contributed by atoms with van der Waals surface area (Å²) < 4.78 is 6.59. The largest absolute Gasteiger partial charge is 0.437 e. The molecule has 7 rings (SSSR count). The van der Waals surface area contributed by atoms with Gasteiger partial charge >= 0.3 is 0 Å². The zero-order valence-electron chi connectivity index (χ0n) is 22.7. The van der Waals surface area contributed by atoms with Crippen LogP contribution in [0.2, 0.25) is 0 Å². The standard InChI is InChI=1S/C36H31N3O/c1-4-30-26-14-10-9-13-25(26)27-17-15-24-16-18-28-29-19-20-32(23-11-7-6-8-12-23)39-36(29)40-35(28)34(24)31(5-2)37-22(3)21-33(27)38-30/h4,6-14,16,18-20,27,33H,1,3,5,15,17,21H2,2H3/b37-31-. The first kappa shape index (κ1) is 24.5. The Labute approximate surface area is 234 Å². The molecule has 2 aromatic heterocycles. The van der Waals surface area contributed by atoms with E-state index in [9.17, 15) is 0 Å². The number of benzene rings is 3. The van der Waals surface area contributed by atoms with Gasteiger partial charge in [0.25, 0.3) is 0 Å². The molecule has 2 unspecified atom stereocenters. The first-order valence-corrected chi connectivity index (χ1v) is 14.1. The number of aromatic nitrogens is 1. The van der Waals surface area contributed by atoms with Gasteiger partial charge in [0.15, 0.2) is 0 Å². The van der Waals surface area contributed by atoms with Crippen LogP contribution in [-0.4, -0.2) is 22.4 Å². The van der Waals surface area contributed by atoms with Crippen LogP contribution >= 0.6 is 0 Å². The van der Waals surface area contributed by atoms with E-state index in [0.717, 1.165) is 69.6 Å². The molecule has 5 aromatic rings. The van der Waals surface area contributed by atoms with Gasteiger partial charge in [-0.2, -0.15) is 0 Å². The molecule has 196 valence electrons. The fraction of sp³-hybridized carbons (Fsp3) is 0.194. The van der Waals surface area contributed by atoms with E-state index in [1.165, 1.54) is 16.7 Å². The molecule has 4 heterocycles. The number of rotatable bonds is 3. The van der Waals surface area contributed by atoms with Crippen molar-refractivity contribution in [3.8, 4) is 11.3 Å². The van der Waals surface area contributed by atoms with Gasteiger partial charge < -0.3 is 4.42 Å². The maximum absolute atomic E-state index is 6.59. The maximum Gasteiger partial charge on any atom is 0.227 e. The molecule has 4 nitrogen and oxygen atoms in total. The molecule has 0 bridgehead atoms. The number of furan rings is 1. The van der Waals surface area contributed by atoms with Gasteiger partial charge in [0.2, 0.25) is 5.71 Å². The van der Waals surface area contributed by atoms with Gasteiger partial charge in [-0.1, -0.05) is 86.8 Å². The van der Waals surface area contributed by atoms with Gasteiger partial charge in [0.05, 0.1) is 23.2 Å². The van der Waals surface area contributed by atoms with Crippen molar-refractivity contribution in [2.75, 3.05) is 0 Å². The lowest BCUT2D eigenvalue weighted by Gasteiger charge is -2.32. The monoisotopic (exact) mass is 521 g/mol. The number of aliphatic imine (C=N–C) groups is 2. The van der Waals surface area contributed by atoms with E-state index < -0.39 is 0 Å². The van der Waals surface area contributed by atoms with Crippen LogP contribution in [0.25, 0.3) is 33.3 Å². The van der Waals surface area contributed by atoms with Crippen molar-refractivity contribution >= 4 is 33.5 Å². The fourth-order valence-electron chi connectivity index (χ4n) is 6.45. The zero-order chi connectivity index (χ0) is 27.2. The normalized spacial score (nSPS) is 20.2. The summed E-state index contributed by atoms with van der Waals surface area (Å²) in [7, 11) is 0. The zero-order valence-corrected chi connectivity index (χ0v) is 22.7. The predicted molar refractivity (Wildman–Crippen MR) is 166 cm³/mol. The smallest absolute Gasteiger partial charge is 0.227 e. The summed E-state index contributed by atoms with van der Waals surface area (Å²) in [5.74, 6) is 0.282. The van der Waals surface area contributed by atoms with Crippen LogP contribution in [-0.2, 0) is 6.42 Å². The molecule has 0 saturated heterocycles. The minimum absolute atomic E-state index is 0.0920. The van der Waals surface area contributed by atoms with Crippen molar-refractivity contribution in [1.82, 2.24) is 4.98 Å². The summed E-state index contributed by atoms with van der Waals surface area (Å²) in [6, 6.07) is 27.6. The van der Waals surface area contributed by atoms with Gasteiger partial charge in [0.1, 0.15) is 5.58 Å². The van der Waals surface area contributed by atoms with Crippen molar-refractivity contribution in [1.29, 1.82) is 0 Å². The molecule has 0 saturated carbocycles. The van der Waals surface area contributed by atoms with Crippen molar-refractivity contribution in [3.05, 3.63) is 126 Å². The van der Waals surface area contributed by atoms with E-state index in [1.54, 1.807) is 0 Å². The molecule has 0 amide bonds. The highest BCUT2D eigenvalue weighted by Crippen LogP contribution is 2.40. The third-order valence-corrected chi connectivity index (χ3v) is 8.35. The molecule has 3 aromatic carbocycles. The highest BCUT2D eigenvalue weighted by atomic mass is 16.3.